The molecule has 0 aliphatic heterocycles. The lowest BCUT2D eigenvalue weighted by atomic mass is 9.81. The minimum atomic E-state index is -0.891. The standard InChI is InChI=1S/C32H38F2N2O/c1-21(2)27-13-9-14-28(22(3)4)31(27)35-32(37)36(20-25-12-8-15-29(33)30(25)34)26-18-16-24(17-19-26)23-10-6-5-7-11-23/h5-15,21-22,24,26H,16-20H2,1-4H3,(H,35,37). The number of carbonyl (C=O) groups is 1. The summed E-state index contributed by atoms with van der Waals surface area (Å²) in [6.45, 7) is 8.47. The second-order valence-electron chi connectivity index (χ2n) is 10.8. The third-order valence-electron chi connectivity index (χ3n) is 7.65. The Kier molecular flexibility index (Phi) is 8.63. The molecule has 1 aliphatic carbocycles. The van der Waals surface area contributed by atoms with Gasteiger partial charge in [-0.15, -0.1) is 0 Å². The zero-order valence-corrected chi connectivity index (χ0v) is 22.3. The van der Waals surface area contributed by atoms with Gasteiger partial charge in [0, 0.05) is 17.3 Å². The molecule has 3 nitrogen and oxygen atoms in total. The van der Waals surface area contributed by atoms with E-state index in [1.54, 1.807) is 11.0 Å². The maximum Gasteiger partial charge on any atom is 0.322 e. The van der Waals surface area contributed by atoms with Crippen LogP contribution in [0, 0.1) is 11.6 Å². The SMILES string of the molecule is CC(C)c1cccc(C(C)C)c1NC(=O)N(Cc1cccc(F)c1F)C1CCC(c2ccccc2)CC1. The molecule has 3 aromatic carbocycles. The first-order valence-corrected chi connectivity index (χ1v) is 13.4. The third kappa shape index (κ3) is 6.20. The van der Waals surface area contributed by atoms with Gasteiger partial charge in [0.2, 0.25) is 0 Å². The van der Waals surface area contributed by atoms with Crippen LogP contribution in [0.4, 0.5) is 19.3 Å². The summed E-state index contributed by atoms with van der Waals surface area (Å²) in [5.74, 6) is -0.877. The first-order valence-electron chi connectivity index (χ1n) is 13.4. The van der Waals surface area contributed by atoms with Gasteiger partial charge in [0.1, 0.15) is 0 Å². The highest BCUT2D eigenvalue weighted by atomic mass is 19.2. The van der Waals surface area contributed by atoms with Crippen LogP contribution in [0.2, 0.25) is 0 Å². The van der Waals surface area contributed by atoms with E-state index < -0.39 is 11.6 Å². The first-order chi connectivity index (χ1) is 17.8. The molecular formula is C32H38F2N2O. The number of halogens is 2. The van der Waals surface area contributed by atoms with Crippen molar-refractivity contribution in [2.45, 2.75) is 83.7 Å². The van der Waals surface area contributed by atoms with E-state index in [9.17, 15) is 13.6 Å². The van der Waals surface area contributed by atoms with Gasteiger partial charge in [-0.1, -0.05) is 88.4 Å². The molecular weight excluding hydrogens is 466 g/mol. The van der Waals surface area contributed by atoms with Crippen LogP contribution in [-0.4, -0.2) is 17.0 Å². The minimum Gasteiger partial charge on any atom is -0.317 e. The van der Waals surface area contributed by atoms with Gasteiger partial charge < -0.3 is 10.2 Å². The molecule has 1 saturated carbocycles. The Hall–Kier alpha value is -3.21. The Morgan fingerprint density at radius 3 is 2.03 bits per heavy atom. The summed E-state index contributed by atoms with van der Waals surface area (Å²) in [6.07, 6.45) is 3.52. The molecule has 5 heteroatoms. The number of nitrogens with one attached hydrogen (secondary N) is 1. The molecule has 0 heterocycles. The number of rotatable bonds is 7. The summed E-state index contributed by atoms with van der Waals surface area (Å²) in [5, 5.41) is 3.21. The molecule has 196 valence electrons. The normalized spacial score (nSPS) is 17.7. The van der Waals surface area contributed by atoms with Gasteiger partial charge in [0.15, 0.2) is 11.6 Å². The fourth-order valence-electron chi connectivity index (χ4n) is 5.54. The summed E-state index contributed by atoms with van der Waals surface area (Å²) in [5.41, 5.74) is 4.50. The number of anilines is 1. The zero-order chi connectivity index (χ0) is 26.5. The Balaban J connectivity index is 1.62. The molecule has 2 amide bonds. The number of nitrogens with zero attached hydrogens (tertiary/aromatic N) is 1. The van der Waals surface area contributed by atoms with Gasteiger partial charge in [-0.3, -0.25) is 0 Å². The molecule has 4 rings (SSSR count). The van der Waals surface area contributed by atoms with Gasteiger partial charge in [-0.2, -0.15) is 0 Å². The maximum absolute atomic E-state index is 14.7. The van der Waals surface area contributed by atoms with Crippen LogP contribution >= 0.6 is 0 Å². The average molecular weight is 505 g/mol. The largest absolute Gasteiger partial charge is 0.322 e. The molecule has 0 spiro atoms. The Bertz CT molecular complexity index is 1170. The second kappa shape index (κ2) is 11.9. The lowest BCUT2D eigenvalue weighted by molar-refractivity contribution is 0.157. The van der Waals surface area contributed by atoms with Gasteiger partial charge in [-0.05, 0) is 66.2 Å². The fraction of sp³-hybridized carbons (Fsp3) is 0.406. The minimum absolute atomic E-state index is 0.0248. The smallest absolute Gasteiger partial charge is 0.317 e. The van der Waals surface area contributed by atoms with Crippen molar-refractivity contribution in [2.75, 3.05) is 5.32 Å². The van der Waals surface area contributed by atoms with Crippen LogP contribution in [0.25, 0.3) is 0 Å². The number of hydrogen-bond donors (Lipinski definition) is 1. The van der Waals surface area contributed by atoms with Gasteiger partial charge in [0.05, 0.1) is 6.54 Å². The van der Waals surface area contributed by atoms with E-state index in [1.807, 2.05) is 24.3 Å². The summed E-state index contributed by atoms with van der Waals surface area (Å²) in [7, 11) is 0. The highest BCUT2D eigenvalue weighted by Crippen LogP contribution is 2.37. The fourth-order valence-corrected chi connectivity index (χ4v) is 5.54. The van der Waals surface area contributed by atoms with Crippen molar-refractivity contribution in [1.82, 2.24) is 4.90 Å². The summed E-state index contributed by atoms with van der Waals surface area (Å²) >= 11 is 0. The quantitative estimate of drug-likeness (QED) is 0.342. The number of carbonyl (C=O) groups excluding carboxylic acids is 1. The van der Waals surface area contributed by atoms with E-state index in [0.717, 1.165) is 48.6 Å². The van der Waals surface area contributed by atoms with E-state index in [1.165, 1.54) is 11.6 Å². The van der Waals surface area contributed by atoms with Crippen LogP contribution in [0.5, 0.6) is 0 Å². The average Bonchev–Trinajstić information content (AvgIpc) is 2.90. The Morgan fingerprint density at radius 1 is 0.838 bits per heavy atom. The van der Waals surface area contributed by atoms with Gasteiger partial charge in [-0.25, -0.2) is 13.6 Å². The lowest BCUT2D eigenvalue weighted by Gasteiger charge is -2.37. The molecule has 3 aromatic rings. The Morgan fingerprint density at radius 2 is 1.43 bits per heavy atom. The van der Waals surface area contributed by atoms with Crippen LogP contribution in [0.1, 0.15) is 93.4 Å². The van der Waals surface area contributed by atoms with E-state index in [4.69, 9.17) is 0 Å². The zero-order valence-electron chi connectivity index (χ0n) is 22.3. The van der Waals surface area contributed by atoms with E-state index in [0.29, 0.717) is 5.92 Å². The van der Waals surface area contributed by atoms with Crippen molar-refractivity contribution < 1.29 is 13.6 Å². The molecule has 1 fully saturated rings. The molecule has 0 bridgehead atoms. The molecule has 0 radical (unpaired) electrons. The van der Waals surface area contributed by atoms with Crippen molar-refractivity contribution in [3.8, 4) is 0 Å². The van der Waals surface area contributed by atoms with Gasteiger partial charge in [0.25, 0.3) is 0 Å². The molecule has 0 unspecified atom stereocenters. The monoisotopic (exact) mass is 504 g/mol. The highest BCUT2D eigenvalue weighted by molar-refractivity contribution is 5.91. The lowest BCUT2D eigenvalue weighted by Crippen LogP contribution is -2.44. The summed E-state index contributed by atoms with van der Waals surface area (Å²) in [6, 6.07) is 20.5. The van der Waals surface area contributed by atoms with Crippen molar-refractivity contribution in [1.29, 1.82) is 0 Å². The molecule has 0 atom stereocenters. The number of para-hydroxylation sites is 1. The van der Waals surface area contributed by atoms with E-state index in [2.05, 4.69) is 57.3 Å². The van der Waals surface area contributed by atoms with E-state index in [-0.39, 0.29) is 36.0 Å². The van der Waals surface area contributed by atoms with Gasteiger partial charge >= 0.3 is 6.03 Å². The molecule has 1 N–H and O–H groups in total. The molecule has 37 heavy (non-hydrogen) atoms. The Labute approximate surface area is 219 Å². The highest BCUT2D eigenvalue weighted by Gasteiger charge is 2.31. The third-order valence-corrected chi connectivity index (χ3v) is 7.65. The number of hydrogen-bond acceptors (Lipinski definition) is 1. The molecule has 1 aliphatic rings. The first kappa shape index (κ1) is 26.8. The summed E-state index contributed by atoms with van der Waals surface area (Å²) < 4.78 is 28.8. The number of urea groups is 1. The van der Waals surface area contributed by atoms with Crippen LogP contribution in [0.3, 0.4) is 0 Å². The second-order valence-corrected chi connectivity index (χ2v) is 10.8. The van der Waals surface area contributed by atoms with E-state index >= 15 is 0 Å². The predicted molar refractivity (Wildman–Crippen MR) is 147 cm³/mol. The predicted octanol–water partition coefficient (Wildman–Crippen LogP) is 8.97. The van der Waals surface area contributed by atoms with Crippen molar-refractivity contribution in [3.05, 3.63) is 101 Å². The number of benzene rings is 3. The molecule has 0 saturated heterocycles. The van der Waals surface area contributed by atoms with Crippen LogP contribution in [0.15, 0.2) is 66.7 Å². The van der Waals surface area contributed by atoms with Crippen molar-refractivity contribution >= 4 is 11.7 Å². The van der Waals surface area contributed by atoms with Crippen LogP contribution < -0.4 is 5.32 Å². The van der Waals surface area contributed by atoms with Crippen molar-refractivity contribution in [2.24, 2.45) is 0 Å². The topological polar surface area (TPSA) is 32.3 Å². The summed E-state index contributed by atoms with van der Waals surface area (Å²) in [4.78, 5) is 15.6. The maximum atomic E-state index is 14.7. The van der Waals surface area contributed by atoms with Crippen LogP contribution in [-0.2, 0) is 6.54 Å². The molecule has 0 aromatic heterocycles. The van der Waals surface area contributed by atoms with Crippen molar-refractivity contribution in [3.63, 3.8) is 0 Å². The number of amides is 2.